The molecule has 0 aromatic carbocycles. The molecule has 3 rings (SSSR count). The molecule has 1 fully saturated rings. The van der Waals surface area contributed by atoms with E-state index in [0.29, 0.717) is 6.04 Å². The van der Waals surface area contributed by atoms with Gasteiger partial charge in [-0.1, -0.05) is 32.1 Å². The van der Waals surface area contributed by atoms with Crippen molar-refractivity contribution < 1.29 is 0 Å². The number of hydrogen-bond donors (Lipinski definition) is 1. The molecule has 2 aliphatic rings. The minimum absolute atomic E-state index is 0.314. The summed E-state index contributed by atoms with van der Waals surface area (Å²) >= 11 is 1.99. The Morgan fingerprint density at radius 1 is 1.18 bits per heavy atom. The highest BCUT2D eigenvalue weighted by molar-refractivity contribution is 7.12. The van der Waals surface area contributed by atoms with Crippen LogP contribution in [0, 0.1) is 5.92 Å². The molecule has 2 heteroatoms. The predicted octanol–water partition coefficient (Wildman–Crippen LogP) is 4.21. The minimum Gasteiger partial charge on any atom is -0.323 e. The first-order valence-corrected chi connectivity index (χ1v) is 8.01. The standard InChI is InChI=1S/C15H23NS/c16-13(9-11-5-2-1-3-6-11)15-10-12-7-4-8-14(12)17-15/h10-11,13H,1-9,16H2. The lowest BCUT2D eigenvalue weighted by Gasteiger charge is -2.24. The summed E-state index contributed by atoms with van der Waals surface area (Å²) in [4.78, 5) is 3.08. The molecule has 0 amide bonds. The van der Waals surface area contributed by atoms with Crippen molar-refractivity contribution >= 4 is 11.3 Å². The van der Waals surface area contributed by atoms with E-state index >= 15 is 0 Å². The Hall–Kier alpha value is -0.340. The first kappa shape index (κ1) is 11.7. The highest BCUT2D eigenvalue weighted by Gasteiger charge is 2.21. The number of fused-ring (bicyclic) bond motifs is 1. The lowest BCUT2D eigenvalue weighted by Crippen LogP contribution is -2.16. The van der Waals surface area contributed by atoms with E-state index in [1.54, 1.807) is 10.4 Å². The molecule has 0 spiro atoms. The lowest BCUT2D eigenvalue weighted by atomic mass is 9.84. The van der Waals surface area contributed by atoms with Gasteiger partial charge in [-0.2, -0.15) is 0 Å². The Labute approximate surface area is 108 Å². The molecule has 1 saturated carbocycles. The molecule has 0 saturated heterocycles. The Balaban J connectivity index is 1.62. The second-order valence-corrected chi connectivity index (χ2v) is 6.97. The van der Waals surface area contributed by atoms with Crippen molar-refractivity contribution in [3.8, 4) is 0 Å². The molecule has 0 radical (unpaired) electrons. The zero-order valence-corrected chi connectivity index (χ0v) is 11.4. The van der Waals surface area contributed by atoms with Gasteiger partial charge in [0.05, 0.1) is 0 Å². The van der Waals surface area contributed by atoms with E-state index in [1.165, 1.54) is 62.7 Å². The predicted molar refractivity (Wildman–Crippen MR) is 74.5 cm³/mol. The van der Waals surface area contributed by atoms with Gasteiger partial charge in [0.15, 0.2) is 0 Å². The van der Waals surface area contributed by atoms with Gasteiger partial charge in [0.1, 0.15) is 0 Å². The van der Waals surface area contributed by atoms with Crippen LogP contribution in [0.1, 0.15) is 66.3 Å². The van der Waals surface area contributed by atoms with Gasteiger partial charge in [-0.15, -0.1) is 11.3 Å². The molecule has 0 bridgehead atoms. The van der Waals surface area contributed by atoms with Crippen LogP contribution in [0.15, 0.2) is 6.07 Å². The summed E-state index contributed by atoms with van der Waals surface area (Å²) in [6.45, 7) is 0. The first-order valence-electron chi connectivity index (χ1n) is 7.20. The van der Waals surface area contributed by atoms with Gasteiger partial charge in [-0.3, -0.25) is 0 Å². The maximum atomic E-state index is 6.40. The Morgan fingerprint density at radius 2 is 2.00 bits per heavy atom. The van der Waals surface area contributed by atoms with Gasteiger partial charge in [-0.25, -0.2) is 0 Å². The summed E-state index contributed by atoms with van der Waals surface area (Å²) in [5.41, 5.74) is 8.00. The minimum atomic E-state index is 0.314. The van der Waals surface area contributed by atoms with Gasteiger partial charge in [0, 0.05) is 15.8 Å². The fraction of sp³-hybridized carbons (Fsp3) is 0.733. The molecule has 1 aromatic rings. The van der Waals surface area contributed by atoms with Gasteiger partial charge in [-0.05, 0) is 43.2 Å². The maximum Gasteiger partial charge on any atom is 0.0392 e. The highest BCUT2D eigenvalue weighted by Crippen LogP contribution is 2.37. The van der Waals surface area contributed by atoms with Crippen LogP contribution in [0.4, 0.5) is 0 Å². The van der Waals surface area contributed by atoms with Crippen molar-refractivity contribution in [1.29, 1.82) is 0 Å². The normalized spacial score (nSPS) is 22.6. The van der Waals surface area contributed by atoms with Gasteiger partial charge < -0.3 is 5.73 Å². The molecule has 2 N–H and O–H groups in total. The summed E-state index contributed by atoms with van der Waals surface area (Å²) in [6, 6.07) is 2.72. The van der Waals surface area contributed by atoms with E-state index in [9.17, 15) is 0 Å². The van der Waals surface area contributed by atoms with Crippen molar-refractivity contribution in [3.05, 3.63) is 21.4 Å². The summed E-state index contributed by atoms with van der Waals surface area (Å²) in [5.74, 6) is 0.899. The number of aryl methyl sites for hydroxylation is 2. The van der Waals surface area contributed by atoms with Gasteiger partial charge in [0.25, 0.3) is 0 Å². The Kier molecular flexibility index (Phi) is 3.53. The second kappa shape index (κ2) is 5.11. The lowest BCUT2D eigenvalue weighted by molar-refractivity contribution is 0.320. The number of hydrogen-bond acceptors (Lipinski definition) is 2. The number of thiophene rings is 1. The first-order chi connectivity index (χ1) is 8.33. The molecule has 1 nitrogen and oxygen atoms in total. The van der Waals surface area contributed by atoms with Crippen LogP contribution in [0.5, 0.6) is 0 Å². The molecule has 17 heavy (non-hydrogen) atoms. The fourth-order valence-electron chi connectivity index (χ4n) is 3.43. The summed E-state index contributed by atoms with van der Waals surface area (Å²) in [5, 5.41) is 0. The SMILES string of the molecule is NC(CC1CCCCC1)c1cc2c(s1)CCC2. The molecule has 94 valence electrons. The topological polar surface area (TPSA) is 26.0 Å². The van der Waals surface area contributed by atoms with Crippen LogP contribution >= 0.6 is 11.3 Å². The van der Waals surface area contributed by atoms with E-state index in [-0.39, 0.29) is 0 Å². The Morgan fingerprint density at radius 3 is 2.76 bits per heavy atom. The van der Waals surface area contributed by atoms with E-state index in [2.05, 4.69) is 6.07 Å². The average molecular weight is 249 g/mol. The monoisotopic (exact) mass is 249 g/mol. The third kappa shape index (κ3) is 2.58. The highest BCUT2D eigenvalue weighted by atomic mass is 32.1. The molecular weight excluding hydrogens is 226 g/mol. The van der Waals surface area contributed by atoms with Crippen molar-refractivity contribution in [2.75, 3.05) is 0 Å². The fourth-order valence-corrected chi connectivity index (χ4v) is 4.70. The molecular formula is C15H23NS. The van der Waals surface area contributed by atoms with Crippen LogP contribution < -0.4 is 5.73 Å². The quantitative estimate of drug-likeness (QED) is 0.853. The smallest absolute Gasteiger partial charge is 0.0392 e. The van der Waals surface area contributed by atoms with E-state index < -0.39 is 0 Å². The van der Waals surface area contributed by atoms with Crippen LogP contribution in [-0.4, -0.2) is 0 Å². The Bertz CT molecular complexity index is 355. The third-order valence-electron chi connectivity index (χ3n) is 4.44. The molecule has 1 unspecified atom stereocenters. The van der Waals surface area contributed by atoms with Crippen LogP contribution in [0.3, 0.4) is 0 Å². The van der Waals surface area contributed by atoms with E-state index in [0.717, 1.165) is 5.92 Å². The van der Waals surface area contributed by atoms with Crippen molar-refractivity contribution in [1.82, 2.24) is 0 Å². The third-order valence-corrected chi connectivity index (χ3v) is 5.81. The van der Waals surface area contributed by atoms with Crippen molar-refractivity contribution in [2.24, 2.45) is 11.7 Å². The maximum absolute atomic E-state index is 6.40. The van der Waals surface area contributed by atoms with E-state index in [1.807, 2.05) is 11.3 Å². The summed E-state index contributed by atoms with van der Waals surface area (Å²) < 4.78 is 0. The number of nitrogens with two attached hydrogens (primary N) is 1. The average Bonchev–Trinajstić information content (AvgIpc) is 2.90. The summed E-state index contributed by atoms with van der Waals surface area (Å²) in [6.07, 6.45) is 12.3. The largest absolute Gasteiger partial charge is 0.323 e. The van der Waals surface area contributed by atoms with Crippen LogP contribution in [0.2, 0.25) is 0 Å². The van der Waals surface area contributed by atoms with E-state index in [4.69, 9.17) is 5.73 Å². The molecule has 1 heterocycles. The van der Waals surface area contributed by atoms with Gasteiger partial charge in [0.2, 0.25) is 0 Å². The summed E-state index contributed by atoms with van der Waals surface area (Å²) in [7, 11) is 0. The zero-order chi connectivity index (χ0) is 11.7. The van der Waals surface area contributed by atoms with Crippen LogP contribution in [0.25, 0.3) is 0 Å². The molecule has 2 aliphatic carbocycles. The van der Waals surface area contributed by atoms with Gasteiger partial charge >= 0.3 is 0 Å². The molecule has 0 aliphatic heterocycles. The second-order valence-electron chi connectivity index (χ2n) is 5.80. The molecule has 1 aromatic heterocycles. The number of rotatable bonds is 3. The zero-order valence-electron chi connectivity index (χ0n) is 10.6. The van der Waals surface area contributed by atoms with Crippen LogP contribution in [-0.2, 0) is 12.8 Å². The van der Waals surface area contributed by atoms with Crippen molar-refractivity contribution in [2.45, 2.75) is 63.8 Å². The van der Waals surface area contributed by atoms with Crippen molar-refractivity contribution in [3.63, 3.8) is 0 Å². The molecule has 1 atom stereocenters.